The summed E-state index contributed by atoms with van der Waals surface area (Å²) in [6.45, 7) is 0.444. The van der Waals surface area contributed by atoms with Gasteiger partial charge in [-0.05, 0) is 24.3 Å². The lowest BCUT2D eigenvalue weighted by molar-refractivity contribution is -0.125. The molecule has 30 heavy (non-hydrogen) atoms. The molecule has 0 N–H and O–H groups in total. The summed E-state index contributed by atoms with van der Waals surface area (Å²) in [7, 11) is 6.44. The molecule has 0 spiro atoms. The van der Waals surface area contributed by atoms with E-state index in [2.05, 4.69) is 5.10 Å². The average molecular weight is 407 g/mol. The Hall–Kier alpha value is -3.74. The molecule has 7 heteroatoms. The highest BCUT2D eigenvalue weighted by atomic mass is 16.5. The third-order valence-electron chi connectivity index (χ3n) is 4.59. The number of amides is 1. The Balaban J connectivity index is 1.70. The minimum atomic E-state index is -0.140. The second kappa shape index (κ2) is 9.65. The number of aromatic nitrogens is 2. The van der Waals surface area contributed by atoms with Gasteiger partial charge in [-0.25, -0.2) is 4.68 Å². The number of carbonyl (C=O) groups is 1. The molecule has 0 saturated heterocycles. The molecule has 0 saturated carbocycles. The first-order valence-corrected chi connectivity index (χ1v) is 9.38. The molecule has 0 aliphatic carbocycles. The minimum Gasteiger partial charge on any atom is -0.496 e. The Morgan fingerprint density at radius 3 is 2.37 bits per heavy atom. The van der Waals surface area contributed by atoms with E-state index in [0.29, 0.717) is 29.4 Å². The topological polar surface area (TPSA) is 65.8 Å². The molecule has 3 aromatic rings. The largest absolute Gasteiger partial charge is 0.496 e. The molecule has 2 aromatic carbocycles. The number of benzene rings is 2. The molecular formula is C23H25N3O4. The Kier molecular flexibility index (Phi) is 6.75. The van der Waals surface area contributed by atoms with E-state index in [-0.39, 0.29) is 5.91 Å². The summed E-state index contributed by atoms with van der Waals surface area (Å²) < 4.78 is 17.8. The van der Waals surface area contributed by atoms with Gasteiger partial charge in [-0.1, -0.05) is 18.2 Å². The van der Waals surface area contributed by atoms with E-state index >= 15 is 0 Å². The summed E-state index contributed by atoms with van der Waals surface area (Å²) in [5.74, 6) is 1.57. The number of likely N-dealkylation sites (N-methyl/N-ethyl adjacent to an activating group) is 1. The molecule has 0 bridgehead atoms. The van der Waals surface area contributed by atoms with Crippen LogP contribution >= 0.6 is 0 Å². The number of nitrogens with zero attached hydrogens (tertiary/aromatic N) is 3. The van der Waals surface area contributed by atoms with Crippen molar-refractivity contribution in [2.75, 3.05) is 28.4 Å². The summed E-state index contributed by atoms with van der Waals surface area (Å²) in [6.07, 6.45) is 6.89. The second-order valence-electron chi connectivity index (χ2n) is 6.61. The van der Waals surface area contributed by atoms with Gasteiger partial charge in [-0.2, -0.15) is 5.10 Å². The van der Waals surface area contributed by atoms with Crippen molar-refractivity contribution in [2.24, 2.45) is 0 Å². The summed E-state index contributed by atoms with van der Waals surface area (Å²) in [5, 5.41) is 4.37. The quantitative estimate of drug-likeness (QED) is 0.534. The van der Waals surface area contributed by atoms with Crippen molar-refractivity contribution >= 4 is 12.0 Å². The molecule has 0 fully saturated rings. The van der Waals surface area contributed by atoms with Gasteiger partial charge in [0.1, 0.15) is 5.75 Å². The van der Waals surface area contributed by atoms with Crippen LogP contribution in [0.1, 0.15) is 11.1 Å². The highest BCUT2D eigenvalue weighted by Crippen LogP contribution is 2.35. The fraction of sp³-hybridized carbons (Fsp3) is 0.217. The van der Waals surface area contributed by atoms with Crippen molar-refractivity contribution in [1.82, 2.24) is 14.7 Å². The Bertz CT molecular complexity index is 1030. The van der Waals surface area contributed by atoms with Crippen LogP contribution in [-0.2, 0) is 11.3 Å². The van der Waals surface area contributed by atoms with Crippen molar-refractivity contribution in [3.8, 4) is 22.9 Å². The van der Waals surface area contributed by atoms with E-state index in [4.69, 9.17) is 14.2 Å². The van der Waals surface area contributed by atoms with Gasteiger partial charge >= 0.3 is 0 Å². The number of hydrogen-bond donors (Lipinski definition) is 0. The van der Waals surface area contributed by atoms with Crippen LogP contribution in [0.4, 0.5) is 0 Å². The molecule has 156 valence electrons. The summed E-state index contributed by atoms with van der Waals surface area (Å²) in [4.78, 5) is 14.2. The Morgan fingerprint density at radius 1 is 1.03 bits per heavy atom. The van der Waals surface area contributed by atoms with Crippen molar-refractivity contribution in [3.63, 3.8) is 0 Å². The number of methoxy groups -OCH3 is 3. The monoisotopic (exact) mass is 407 g/mol. The molecule has 3 rings (SSSR count). The lowest BCUT2D eigenvalue weighted by atomic mass is 10.1. The third kappa shape index (κ3) is 4.81. The van der Waals surface area contributed by atoms with Crippen molar-refractivity contribution in [2.45, 2.75) is 6.54 Å². The van der Waals surface area contributed by atoms with Crippen LogP contribution in [-0.4, -0.2) is 49.0 Å². The number of hydrogen-bond acceptors (Lipinski definition) is 5. The first-order valence-electron chi connectivity index (χ1n) is 9.38. The van der Waals surface area contributed by atoms with Crippen LogP contribution < -0.4 is 14.2 Å². The molecule has 1 amide bonds. The predicted molar refractivity (Wildman–Crippen MR) is 115 cm³/mol. The van der Waals surface area contributed by atoms with Gasteiger partial charge in [0, 0.05) is 43.1 Å². The van der Waals surface area contributed by atoms with Crippen LogP contribution in [0.5, 0.6) is 17.2 Å². The lowest BCUT2D eigenvalue weighted by Gasteiger charge is -2.14. The number of para-hydroxylation sites is 1. The number of rotatable bonds is 8. The normalized spacial score (nSPS) is 10.8. The smallest absolute Gasteiger partial charge is 0.246 e. The van der Waals surface area contributed by atoms with E-state index in [1.165, 1.54) is 6.08 Å². The van der Waals surface area contributed by atoms with E-state index in [1.54, 1.807) is 62.4 Å². The zero-order chi connectivity index (χ0) is 21.5. The van der Waals surface area contributed by atoms with E-state index in [1.807, 2.05) is 36.5 Å². The molecule has 1 heterocycles. The molecule has 0 radical (unpaired) electrons. The summed E-state index contributed by atoms with van der Waals surface area (Å²) in [5.41, 5.74) is 2.62. The number of carbonyl (C=O) groups excluding carboxylic acids is 1. The highest BCUT2D eigenvalue weighted by Gasteiger charge is 2.12. The van der Waals surface area contributed by atoms with Crippen molar-refractivity contribution in [3.05, 3.63) is 72.1 Å². The van der Waals surface area contributed by atoms with Crippen molar-refractivity contribution < 1.29 is 19.0 Å². The second-order valence-corrected chi connectivity index (χ2v) is 6.61. The third-order valence-corrected chi connectivity index (χ3v) is 4.59. The minimum absolute atomic E-state index is 0.140. The predicted octanol–water partition coefficient (Wildman–Crippen LogP) is 3.57. The fourth-order valence-corrected chi connectivity index (χ4v) is 2.99. The zero-order valence-electron chi connectivity index (χ0n) is 17.5. The highest BCUT2D eigenvalue weighted by molar-refractivity contribution is 5.92. The van der Waals surface area contributed by atoms with Gasteiger partial charge < -0.3 is 19.1 Å². The number of ether oxygens (including phenoxy) is 3. The fourth-order valence-electron chi connectivity index (χ4n) is 2.99. The maximum atomic E-state index is 12.6. The zero-order valence-corrected chi connectivity index (χ0v) is 17.5. The van der Waals surface area contributed by atoms with E-state index in [0.717, 1.165) is 11.3 Å². The van der Waals surface area contributed by atoms with Gasteiger partial charge in [-0.15, -0.1) is 0 Å². The molecule has 7 nitrogen and oxygen atoms in total. The maximum absolute atomic E-state index is 12.6. The lowest BCUT2D eigenvalue weighted by Crippen LogP contribution is -2.23. The first-order chi connectivity index (χ1) is 14.5. The van der Waals surface area contributed by atoms with Gasteiger partial charge in [0.25, 0.3) is 0 Å². The molecule has 1 aromatic heterocycles. The van der Waals surface area contributed by atoms with Crippen LogP contribution in [0, 0.1) is 0 Å². The molecular weight excluding hydrogens is 382 g/mol. The SMILES string of the molecule is COc1cc(OC)c(OC)cc1/C=C/C(=O)N(C)Cc1cnn(-c2ccccc2)c1. The molecule has 0 aliphatic rings. The Morgan fingerprint density at radius 2 is 1.70 bits per heavy atom. The van der Waals surface area contributed by atoms with Gasteiger partial charge in [0.05, 0.1) is 33.2 Å². The van der Waals surface area contributed by atoms with Crippen LogP contribution in [0.25, 0.3) is 11.8 Å². The van der Waals surface area contributed by atoms with Gasteiger partial charge in [0.15, 0.2) is 11.5 Å². The molecule has 0 unspecified atom stereocenters. The first kappa shape index (κ1) is 21.0. The van der Waals surface area contributed by atoms with E-state index < -0.39 is 0 Å². The summed E-state index contributed by atoms with van der Waals surface area (Å²) >= 11 is 0. The Labute approximate surface area is 176 Å². The van der Waals surface area contributed by atoms with Gasteiger partial charge in [-0.3, -0.25) is 4.79 Å². The summed E-state index contributed by atoms with van der Waals surface area (Å²) in [6, 6.07) is 13.3. The van der Waals surface area contributed by atoms with Crippen LogP contribution in [0.3, 0.4) is 0 Å². The molecule has 0 atom stereocenters. The van der Waals surface area contributed by atoms with E-state index in [9.17, 15) is 4.79 Å². The standard InChI is InChI=1S/C23H25N3O4/c1-25(15-17-14-24-26(16-17)19-8-6-5-7-9-19)23(27)11-10-18-12-21(29-3)22(30-4)13-20(18)28-2/h5-14,16H,15H2,1-4H3/b11-10+. The molecule has 0 aliphatic heterocycles. The van der Waals surface area contributed by atoms with Gasteiger partial charge in [0.2, 0.25) is 5.91 Å². The van der Waals surface area contributed by atoms with Crippen LogP contribution in [0.2, 0.25) is 0 Å². The maximum Gasteiger partial charge on any atom is 0.246 e. The average Bonchev–Trinajstić information content (AvgIpc) is 3.25. The van der Waals surface area contributed by atoms with Crippen LogP contribution in [0.15, 0.2) is 60.9 Å². The van der Waals surface area contributed by atoms with Crippen molar-refractivity contribution in [1.29, 1.82) is 0 Å².